The Labute approximate surface area is 121 Å². The van der Waals surface area contributed by atoms with Crippen molar-refractivity contribution in [1.82, 2.24) is 4.90 Å². The molecule has 0 saturated carbocycles. The van der Waals surface area contributed by atoms with Gasteiger partial charge in [0.05, 0.1) is 0 Å². The molecule has 106 valence electrons. The molecule has 2 nitrogen and oxygen atoms in total. The molecule has 0 spiro atoms. The number of rotatable bonds is 5. The van der Waals surface area contributed by atoms with Gasteiger partial charge in [-0.25, -0.2) is 0 Å². The summed E-state index contributed by atoms with van der Waals surface area (Å²) < 4.78 is 0. The molecule has 1 aliphatic rings. The van der Waals surface area contributed by atoms with E-state index in [-0.39, 0.29) is 0 Å². The number of hydrogen-bond acceptors (Lipinski definition) is 2. The molecule has 2 rings (SSSR count). The van der Waals surface area contributed by atoms with E-state index in [1.807, 2.05) is 6.07 Å². The van der Waals surface area contributed by atoms with Gasteiger partial charge in [-0.1, -0.05) is 31.5 Å². The lowest BCUT2D eigenvalue weighted by molar-refractivity contribution is 0.228. The van der Waals surface area contributed by atoms with Crippen LogP contribution in [0.15, 0.2) is 18.2 Å². The molecule has 0 heterocycles. The zero-order valence-corrected chi connectivity index (χ0v) is 13.0. The van der Waals surface area contributed by atoms with Gasteiger partial charge >= 0.3 is 0 Å². The maximum Gasteiger partial charge on any atom is 0.0408 e. The second-order valence-electron chi connectivity index (χ2n) is 6.07. The van der Waals surface area contributed by atoms with E-state index >= 15 is 0 Å². The smallest absolute Gasteiger partial charge is 0.0408 e. The number of halogens is 1. The summed E-state index contributed by atoms with van der Waals surface area (Å²) in [5.41, 5.74) is 9.00. The van der Waals surface area contributed by atoms with E-state index < -0.39 is 0 Å². The van der Waals surface area contributed by atoms with E-state index in [0.29, 0.717) is 18.0 Å². The predicted molar refractivity (Wildman–Crippen MR) is 82.6 cm³/mol. The van der Waals surface area contributed by atoms with Crippen molar-refractivity contribution < 1.29 is 0 Å². The largest absolute Gasteiger partial charge is 0.327 e. The Morgan fingerprint density at radius 1 is 1.42 bits per heavy atom. The van der Waals surface area contributed by atoms with Gasteiger partial charge in [0.1, 0.15) is 0 Å². The fourth-order valence-electron chi connectivity index (χ4n) is 2.86. The first kappa shape index (κ1) is 14.8. The Hall–Kier alpha value is -0.570. The molecule has 0 radical (unpaired) electrons. The highest BCUT2D eigenvalue weighted by Gasteiger charge is 2.26. The normalized spacial score (nSPS) is 20.1. The van der Waals surface area contributed by atoms with Crippen molar-refractivity contribution in [2.75, 3.05) is 13.6 Å². The predicted octanol–water partition coefficient (Wildman–Crippen LogP) is 3.63. The third-order valence-electron chi connectivity index (χ3n) is 4.35. The van der Waals surface area contributed by atoms with Crippen molar-refractivity contribution in [2.45, 2.75) is 45.2 Å². The van der Waals surface area contributed by atoms with Crippen LogP contribution < -0.4 is 5.73 Å². The number of aryl methyl sites for hydroxylation is 1. The summed E-state index contributed by atoms with van der Waals surface area (Å²) in [6.07, 6.45) is 3.40. The van der Waals surface area contributed by atoms with Crippen molar-refractivity contribution in [1.29, 1.82) is 0 Å². The van der Waals surface area contributed by atoms with Crippen LogP contribution in [0.25, 0.3) is 0 Å². The van der Waals surface area contributed by atoms with Crippen LogP contribution in [-0.4, -0.2) is 24.5 Å². The average Bonchev–Trinajstić information content (AvgIpc) is 2.78. The van der Waals surface area contributed by atoms with Crippen LogP contribution in [0.2, 0.25) is 5.02 Å². The van der Waals surface area contributed by atoms with Crippen molar-refractivity contribution in [2.24, 2.45) is 11.7 Å². The molecule has 0 aliphatic heterocycles. The number of benzene rings is 1. The molecule has 3 heteroatoms. The number of nitrogens with two attached hydrogens (primary N) is 1. The van der Waals surface area contributed by atoms with Gasteiger partial charge in [0.2, 0.25) is 0 Å². The highest BCUT2D eigenvalue weighted by molar-refractivity contribution is 6.30. The van der Waals surface area contributed by atoms with Crippen LogP contribution in [0.5, 0.6) is 0 Å². The Balaban J connectivity index is 1.97. The van der Waals surface area contributed by atoms with Crippen LogP contribution >= 0.6 is 11.6 Å². The molecule has 1 aromatic rings. The minimum absolute atomic E-state index is 0.300. The summed E-state index contributed by atoms with van der Waals surface area (Å²) in [7, 11) is 2.21. The van der Waals surface area contributed by atoms with Gasteiger partial charge in [-0.2, -0.15) is 0 Å². The summed E-state index contributed by atoms with van der Waals surface area (Å²) in [5.74, 6) is 0.558. The third kappa shape index (κ3) is 3.50. The Morgan fingerprint density at radius 3 is 2.84 bits per heavy atom. The van der Waals surface area contributed by atoms with Gasteiger partial charge in [-0.15, -0.1) is 0 Å². The summed E-state index contributed by atoms with van der Waals surface area (Å²) in [4.78, 5) is 2.45. The molecule has 0 aromatic heterocycles. The maximum atomic E-state index is 6.13. The molecular weight excluding hydrogens is 256 g/mol. The van der Waals surface area contributed by atoms with E-state index in [1.165, 1.54) is 17.5 Å². The molecule has 1 aliphatic carbocycles. The summed E-state index contributed by atoms with van der Waals surface area (Å²) in [6, 6.07) is 7.14. The van der Waals surface area contributed by atoms with Crippen LogP contribution in [0.1, 0.15) is 43.9 Å². The van der Waals surface area contributed by atoms with E-state index in [2.05, 4.69) is 37.9 Å². The first-order valence-corrected chi connectivity index (χ1v) is 7.61. The van der Waals surface area contributed by atoms with E-state index in [4.69, 9.17) is 17.3 Å². The third-order valence-corrected chi connectivity index (χ3v) is 4.59. The van der Waals surface area contributed by atoms with Crippen LogP contribution in [0, 0.1) is 5.92 Å². The van der Waals surface area contributed by atoms with Gasteiger partial charge in [0.15, 0.2) is 0 Å². The Kier molecular flexibility index (Phi) is 4.88. The maximum absolute atomic E-state index is 6.13. The first-order chi connectivity index (χ1) is 8.99. The zero-order valence-electron chi connectivity index (χ0n) is 12.2. The topological polar surface area (TPSA) is 29.3 Å². The molecule has 2 atom stereocenters. The SMILES string of the molecule is CC(C)C(N)CCN(C)C1CCc2cc(Cl)ccc21. The fourth-order valence-corrected chi connectivity index (χ4v) is 3.06. The molecule has 2 unspecified atom stereocenters. The van der Waals surface area contributed by atoms with E-state index in [9.17, 15) is 0 Å². The highest BCUT2D eigenvalue weighted by atomic mass is 35.5. The van der Waals surface area contributed by atoms with Gasteiger partial charge in [-0.3, -0.25) is 4.90 Å². The molecule has 0 fully saturated rings. The lowest BCUT2D eigenvalue weighted by atomic mass is 10.0. The zero-order chi connectivity index (χ0) is 14.0. The molecule has 1 aromatic carbocycles. The van der Waals surface area contributed by atoms with Crippen molar-refractivity contribution in [3.05, 3.63) is 34.3 Å². The molecule has 2 N–H and O–H groups in total. The first-order valence-electron chi connectivity index (χ1n) is 7.23. The van der Waals surface area contributed by atoms with Crippen LogP contribution in [0.4, 0.5) is 0 Å². The number of hydrogen-bond donors (Lipinski definition) is 1. The van der Waals surface area contributed by atoms with Gasteiger partial charge in [0, 0.05) is 17.1 Å². The van der Waals surface area contributed by atoms with Crippen LogP contribution in [0.3, 0.4) is 0 Å². The monoisotopic (exact) mass is 280 g/mol. The van der Waals surface area contributed by atoms with E-state index in [1.54, 1.807) is 0 Å². The average molecular weight is 281 g/mol. The lowest BCUT2D eigenvalue weighted by Crippen LogP contribution is -2.33. The Bertz CT molecular complexity index is 431. The summed E-state index contributed by atoms with van der Waals surface area (Å²) >= 11 is 6.06. The molecular formula is C16H25ClN2. The Morgan fingerprint density at radius 2 is 2.16 bits per heavy atom. The van der Waals surface area contributed by atoms with Crippen molar-refractivity contribution in [3.63, 3.8) is 0 Å². The van der Waals surface area contributed by atoms with Crippen molar-refractivity contribution >= 4 is 11.6 Å². The summed E-state index contributed by atoms with van der Waals surface area (Å²) in [5, 5.41) is 0.851. The number of fused-ring (bicyclic) bond motifs is 1. The minimum atomic E-state index is 0.300. The second-order valence-corrected chi connectivity index (χ2v) is 6.51. The molecule has 0 bridgehead atoms. The highest BCUT2D eigenvalue weighted by Crippen LogP contribution is 2.36. The number of nitrogens with zero attached hydrogens (tertiary/aromatic N) is 1. The van der Waals surface area contributed by atoms with E-state index in [0.717, 1.165) is 24.4 Å². The molecule has 0 saturated heterocycles. The summed E-state index contributed by atoms with van der Waals surface area (Å²) in [6.45, 7) is 5.45. The van der Waals surface area contributed by atoms with Crippen LogP contribution in [-0.2, 0) is 6.42 Å². The fraction of sp³-hybridized carbons (Fsp3) is 0.625. The molecule has 19 heavy (non-hydrogen) atoms. The van der Waals surface area contributed by atoms with Gasteiger partial charge in [0.25, 0.3) is 0 Å². The quantitative estimate of drug-likeness (QED) is 0.892. The lowest BCUT2D eigenvalue weighted by Gasteiger charge is -2.27. The van der Waals surface area contributed by atoms with Gasteiger partial charge < -0.3 is 5.73 Å². The standard InChI is InChI=1S/C16H25ClN2/c1-11(2)15(18)8-9-19(3)16-7-4-12-10-13(17)5-6-14(12)16/h5-6,10-11,15-16H,4,7-9,18H2,1-3H3. The van der Waals surface area contributed by atoms with Crippen molar-refractivity contribution in [3.8, 4) is 0 Å². The van der Waals surface area contributed by atoms with Gasteiger partial charge in [-0.05, 0) is 62.0 Å². The second kappa shape index (κ2) is 6.25. The minimum Gasteiger partial charge on any atom is -0.327 e. The molecule has 0 amide bonds.